The van der Waals surface area contributed by atoms with E-state index in [1.54, 1.807) is 0 Å². The Morgan fingerprint density at radius 3 is 1.44 bits per heavy atom. The average Bonchev–Trinajstić information content (AvgIpc) is 3.16. The molecule has 256 valence electrons. The summed E-state index contributed by atoms with van der Waals surface area (Å²) < 4.78 is 0. The van der Waals surface area contributed by atoms with E-state index in [1.165, 1.54) is 17.3 Å². The Morgan fingerprint density at radius 1 is 0.540 bits per heavy atom. The molecule has 5 heterocycles. The molecule has 1 aliphatic heterocycles. The third kappa shape index (κ3) is 11.3. The highest BCUT2D eigenvalue weighted by atomic mass is 32.2. The lowest BCUT2D eigenvalue weighted by Gasteiger charge is -2.39. The van der Waals surface area contributed by atoms with Gasteiger partial charge in [-0.15, -0.1) is 0 Å². The van der Waals surface area contributed by atoms with Crippen molar-refractivity contribution in [3.05, 3.63) is 150 Å². The number of thioether (sulfide) groups is 1. The van der Waals surface area contributed by atoms with E-state index >= 15 is 0 Å². The zero-order valence-corrected chi connectivity index (χ0v) is 29.4. The molecule has 9 nitrogen and oxygen atoms in total. The van der Waals surface area contributed by atoms with E-state index in [2.05, 4.69) is 103 Å². The predicted molar refractivity (Wildman–Crippen MR) is 199 cm³/mol. The van der Waals surface area contributed by atoms with E-state index in [4.69, 9.17) is 15.0 Å². The van der Waals surface area contributed by atoms with Crippen molar-refractivity contribution in [2.45, 2.75) is 43.5 Å². The summed E-state index contributed by atoms with van der Waals surface area (Å²) in [5, 5.41) is 11.4. The second-order valence-electron chi connectivity index (χ2n) is 12.7. The van der Waals surface area contributed by atoms with Crippen LogP contribution in [0, 0.1) is 10.7 Å². The minimum atomic E-state index is 0.204. The van der Waals surface area contributed by atoms with Crippen molar-refractivity contribution in [2.24, 2.45) is 0 Å². The first-order chi connectivity index (χ1) is 24.7. The Bertz CT molecular complexity index is 1720. The van der Waals surface area contributed by atoms with Crippen LogP contribution in [0.3, 0.4) is 0 Å². The van der Waals surface area contributed by atoms with Crippen LogP contribution >= 0.6 is 11.8 Å². The van der Waals surface area contributed by atoms with Gasteiger partial charge in [0.1, 0.15) is 5.40 Å². The molecule has 10 heteroatoms. The molecule has 0 amide bonds. The Labute approximate surface area is 300 Å². The molecule has 50 heavy (non-hydrogen) atoms. The number of nitriles is 1. The van der Waals surface area contributed by atoms with Gasteiger partial charge in [0.05, 0.1) is 22.8 Å². The summed E-state index contributed by atoms with van der Waals surface area (Å²) in [6.45, 7) is 9.44. The molecule has 1 atom stereocenters. The highest BCUT2D eigenvalue weighted by molar-refractivity contribution is 8.03. The maximum absolute atomic E-state index is 9.22. The zero-order chi connectivity index (χ0) is 34.2. The van der Waals surface area contributed by atoms with Gasteiger partial charge in [-0.2, -0.15) is 5.26 Å². The third-order valence-electron chi connectivity index (χ3n) is 9.14. The van der Waals surface area contributed by atoms with Gasteiger partial charge in [-0.05, 0) is 84.4 Å². The first kappa shape index (κ1) is 35.3. The lowest BCUT2D eigenvalue weighted by atomic mass is 10.0. The average molecular weight is 684 g/mol. The minimum Gasteiger partial charge on any atom is -0.295 e. The largest absolute Gasteiger partial charge is 0.295 e. The fraction of sp³-hybridized carbons (Fsp3) is 0.325. The molecule has 1 saturated heterocycles. The molecule has 0 radical (unpaired) electrons. The third-order valence-corrected chi connectivity index (χ3v) is 9.74. The number of benzene rings is 1. The van der Waals surface area contributed by atoms with E-state index in [0.717, 1.165) is 106 Å². The van der Waals surface area contributed by atoms with Gasteiger partial charge in [-0.1, -0.05) is 36.4 Å². The van der Waals surface area contributed by atoms with Crippen LogP contribution < -0.4 is 0 Å². The van der Waals surface area contributed by atoms with E-state index in [1.807, 2.05) is 49.1 Å². The highest BCUT2D eigenvalue weighted by Crippen LogP contribution is 2.21. The number of hydrogen-bond acceptors (Lipinski definition) is 10. The van der Waals surface area contributed by atoms with Gasteiger partial charge in [0, 0.05) is 108 Å². The summed E-state index contributed by atoms with van der Waals surface area (Å²) in [6.07, 6.45) is 8.43. The maximum Gasteiger partial charge on any atom is 0.138 e. The summed E-state index contributed by atoms with van der Waals surface area (Å²) in [4.78, 5) is 30.2. The number of pyridine rings is 4. The van der Waals surface area contributed by atoms with E-state index in [9.17, 15) is 5.26 Å². The molecule has 1 fully saturated rings. The first-order valence-corrected chi connectivity index (χ1v) is 18.2. The van der Waals surface area contributed by atoms with Crippen LogP contribution in [0.15, 0.2) is 127 Å². The van der Waals surface area contributed by atoms with Gasteiger partial charge in [-0.25, -0.2) is 0 Å². The summed E-state index contributed by atoms with van der Waals surface area (Å²) in [7, 11) is 0. The molecular weight excluding hydrogens is 639 g/mol. The summed E-state index contributed by atoms with van der Waals surface area (Å²) >= 11 is 1.20. The smallest absolute Gasteiger partial charge is 0.138 e. The molecule has 0 aliphatic carbocycles. The van der Waals surface area contributed by atoms with Crippen molar-refractivity contribution in [3.63, 3.8) is 0 Å². The molecule has 0 spiro atoms. The number of thiocyanates is 1. The molecule has 0 bridgehead atoms. The molecule has 1 unspecified atom stereocenters. The van der Waals surface area contributed by atoms with Crippen molar-refractivity contribution >= 4 is 11.8 Å². The topological polar surface area (TPSA) is 88.3 Å². The number of aromatic nitrogens is 4. The molecule has 6 rings (SSSR count). The van der Waals surface area contributed by atoms with Crippen molar-refractivity contribution in [3.8, 4) is 5.40 Å². The number of rotatable bonds is 11. The van der Waals surface area contributed by atoms with Crippen LogP contribution in [0.5, 0.6) is 0 Å². The monoisotopic (exact) mass is 683 g/mol. The molecule has 1 aromatic carbocycles. The van der Waals surface area contributed by atoms with Crippen LogP contribution in [0.25, 0.3) is 0 Å². The van der Waals surface area contributed by atoms with Crippen LogP contribution in [-0.2, 0) is 32.6 Å². The fourth-order valence-corrected chi connectivity index (χ4v) is 6.87. The summed E-state index contributed by atoms with van der Waals surface area (Å²) in [5.41, 5.74) is 5.57. The predicted octanol–water partition coefficient (Wildman–Crippen LogP) is 5.77. The second kappa shape index (κ2) is 19.0. The Morgan fingerprint density at radius 2 is 0.980 bits per heavy atom. The molecule has 0 saturated carbocycles. The fourth-order valence-electron chi connectivity index (χ4n) is 6.49. The SMILES string of the molecule is N#CSc1ccc(CC2CN(Cc3ccccn3)CCN(Cc3ccccn3)CCN(Cc3ccccn3)CCN2Cc2ccccn2)cc1. The standard InChI is InChI=1S/C40H45N9S/c41-33-50-40-15-13-34(14-16-40)27-39-32-48(30-37-11-3-7-19-44-37)24-23-46(28-35-9-1-5-17-42-35)21-22-47(29-36-10-2-6-18-43-36)25-26-49(39)31-38-12-4-8-20-45-38/h1-20,39H,21-32H2. The molecule has 4 aromatic heterocycles. The van der Waals surface area contributed by atoms with Crippen molar-refractivity contribution in [1.29, 1.82) is 5.26 Å². The van der Waals surface area contributed by atoms with Crippen LogP contribution in [0.1, 0.15) is 28.3 Å². The zero-order valence-electron chi connectivity index (χ0n) is 28.5. The highest BCUT2D eigenvalue weighted by Gasteiger charge is 2.26. The van der Waals surface area contributed by atoms with E-state index in [-0.39, 0.29) is 6.04 Å². The Hall–Kier alpha value is -4.50. The van der Waals surface area contributed by atoms with Gasteiger partial charge in [0.25, 0.3) is 0 Å². The normalized spacial score (nSPS) is 17.4. The Kier molecular flexibility index (Phi) is 13.5. The first-order valence-electron chi connectivity index (χ1n) is 17.4. The van der Waals surface area contributed by atoms with Crippen LogP contribution in [-0.4, -0.2) is 91.4 Å². The van der Waals surface area contributed by atoms with Crippen molar-refractivity contribution in [2.75, 3.05) is 45.8 Å². The Balaban J connectivity index is 1.33. The summed E-state index contributed by atoms with van der Waals surface area (Å²) in [6, 6.07) is 33.4. The lowest BCUT2D eigenvalue weighted by Crippen LogP contribution is -2.50. The molecular formula is C40H45N9S. The van der Waals surface area contributed by atoms with Crippen molar-refractivity contribution in [1.82, 2.24) is 39.5 Å². The summed E-state index contributed by atoms with van der Waals surface area (Å²) in [5.74, 6) is 0. The lowest BCUT2D eigenvalue weighted by molar-refractivity contribution is 0.0841. The van der Waals surface area contributed by atoms with Crippen molar-refractivity contribution < 1.29 is 0 Å². The number of hydrogen-bond donors (Lipinski definition) is 0. The number of nitrogens with zero attached hydrogens (tertiary/aromatic N) is 9. The second-order valence-corrected chi connectivity index (χ2v) is 13.6. The maximum atomic E-state index is 9.22. The quantitative estimate of drug-likeness (QED) is 0.126. The van der Waals surface area contributed by atoms with Gasteiger partial charge >= 0.3 is 0 Å². The molecule has 1 aliphatic rings. The molecule has 0 N–H and O–H groups in total. The molecule has 5 aromatic rings. The van der Waals surface area contributed by atoms with E-state index < -0.39 is 0 Å². The van der Waals surface area contributed by atoms with Crippen LogP contribution in [0.4, 0.5) is 0 Å². The van der Waals surface area contributed by atoms with Gasteiger partial charge in [0.2, 0.25) is 0 Å². The van der Waals surface area contributed by atoms with Gasteiger partial charge in [0.15, 0.2) is 0 Å². The van der Waals surface area contributed by atoms with Gasteiger partial charge < -0.3 is 0 Å². The van der Waals surface area contributed by atoms with Crippen LogP contribution in [0.2, 0.25) is 0 Å². The minimum absolute atomic E-state index is 0.204. The van der Waals surface area contributed by atoms with Gasteiger partial charge in [-0.3, -0.25) is 39.5 Å². The van der Waals surface area contributed by atoms with E-state index in [0.29, 0.717) is 0 Å².